The van der Waals surface area contributed by atoms with Crippen molar-refractivity contribution in [2.75, 3.05) is 0 Å². The molecule has 0 atom stereocenters. The van der Waals surface area contributed by atoms with Crippen molar-refractivity contribution in [2.24, 2.45) is 0 Å². The highest BCUT2D eigenvalue weighted by molar-refractivity contribution is 6.30. The van der Waals surface area contributed by atoms with Crippen molar-refractivity contribution in [3.05, 3.63) is 117 Å². The Kier molecular flexibility index (Phi) is 5.68. The van der Waals surface area contributed by atoms with Crippen molar-refractivity contribution in [2.45, 2.75) is 20.0 Å². The molecule has 150 valence electrons. The van der Waals surface area contributed by atoms with E-state index >= 15 is 0 Å². The number of fused-ring (bicyclic) bond motifs is 1. The van der Waals surface area contributed by atoms with E-state index in [0.717, 1.165) is 11.1 Å². The lowest BCUT2D eigenvalue weighted by Crippen LogP contribution is -2.32. The van der Waals surface area contributed by atoms with E-state index in [9.17, 15) is 9.59 Å². The van der Waals surface area contributed by atoms with Gasteiger partial charge in [0.05, 0.1) is 23.8 Å². The Morgan fingerprint density at radius 1 is 0.967 bits per heavy atom. The lowest BCUT2D eigenvalue weighted by Gasteiger charge is -2.23. The summed E-state index contributed by atoms with van der Waals surface area (Å²) in [5.74, 6) is -0.204. The fourth-order valence-corrected chi connectivity index (χ4v) is 3.60. The first kappa shape index (κ1) is 19.9. The van der Waals surface area contributed by atoms with Gasteiger partial charge in [-0.15, -0.1) is 0 Å². The predicted molar refractivity (Wildman–Crippen MR) is 119 cm³/mol. The highest BCUT2D eigenvalue weighted by Crippen LogP contribution is 2.18. The van der Waals surface area contributed by atoms with Gasteiger partial charge >= 0.3 is 0 Å². The average Bonchev–Trinajstić information content (AvgIpc) is 2.75. The van der Waals surface area contributed by atoms with Crippen LogP contribution in [0.25, 0.3) is 11.0 Å². The van der Waals surface area contributed by atoms with Crippen LogP contribution in [0, 0.1) is 6.92 Å². The third kappa shape index (κ3) is 4.29. The van der Waals surface area contributed by atoms with Crippen LogP contribution in [0.3, 0.4) is 0 Å². The summed E-state index contributed by atoms with van der Waals surface area (Å²) in [6, 6.07) is 22.0. The van der Waals surface area contributed by atoms with E-state index in [1.165, 1.54) is 6.26 Å². The van der Waals surface area contributed by atoms with Crippen molar-refractivity contribution in [1.82, 2.24) is 4.90 Å². The minimum absolute atomic E-state index is 0.128. The molecule has 0 spiro atoms. The van der Waals surface area contributed by atoms with E-state index < -0.39 is 0 Å². The Morgan fingerprint density at radius 3 is 2.53 bits per heavy atom. The maximum Gasteiger partial charge on any atom is 0.254 e. The first-order chi connectivity index (χ1) is 14.5. The van der Waals surface area contributed by atoms with Crippen molar-refractivity contribution in [3.8, 4) is 0 Å². The Morgan fingerprint density at radius 2 is 1.77 bits per heavy atom. The molecule has 0 radical (unpaired) electrons. The van der Waals surface area contributed by atoms with E-state index in [-0.39, 0.29) is 17.9 Å². The predicted octanol–water partition coefficient (Wildman–Crippen LogP) is 5.60. The van der Waals surface area contributed by atoms with Crippen LogP contribution in [-0.2, 0) is 13.1 Å². The van der Waals surface area contributed by atoms with Gasteiger partial charge in [-0.25, -0.2) is 0 Å². The minimum atomic E-state index is -0.204. The lowest BCUT2D eigenvalue weighted by atomic mass is 10.1. The van der Waals surface area contributed by atoms with E-state index in [1.807, 2.05) is 49.4 Å². The molecule has 3 aromatic carbocycles. The first-order valence-corrected chi connectivity index (χ1v) is 9.99. The second-order valence-corrected chi connectivity index (χ2v) is 7.68. The highest BCUT2D eigenvalue weighted by Gasteiger charge is 2.19. The molecule has 0 fully saturated rings. The minimum Gasteiger partial charge on any atom is -0.464 e. The van der Waals surface area contributed by atoms with Gasteiger partial charge in [-0.05, 0) is 42.8 Å². The first-order valence-electron chi connectivity index (χ1n) is 9.61. The number of amides is 1. The van der Waals surface area contributed by atoms with Gasteiger partial charge in [0.2, 0.25) is 0 Å². The third-order valence-electron chi connectivity index (χ3n) is 4.94. The highest BCUT2D eigenvalue weighted by atomic mass is 35.5. The number of halogens is 1. The van der Waals surface area contributed by atoms with Crippen molar-refractivity contribution < 1.29 is 9.21 Å². The molecule has 0 aliphatic carbocycles. The summed E-state index contributed by atoms with van der Waals surface area (Å²) < 4.78 is 5.68. The molecular weight excluding hydrogens is 398 g/mol. The summed E-state index contributed by atoms with van der Waals surface area (Å²) in [5.41, 5.74) is 3.25. The zero-order valence-electron chi connectivity index (χ0n) is 16.5. The number of carbonyl (C=O) groups excluding carboxylic acids is 1. The van der Waals surface area contributed by atoms with Crippen molar-refractivity contribution >= 4 is 28.5 Å². The number of hydrogen-bond acceptors (Lipinski definition) is 3. The van der Waals surface area contributed by atoms with Gasteiger partial charge in [-0.3, -0.25) is 9.59 Å². The summed E-state index contributed by atoms with van der Waals surface area (Å²) in [7, 11) is 0. The maximum absolute atomic E-state index is 13.3. The van der Waals surface area contributed by atoms with Crippen LogP contribution in [0.2, 0.25) is 5.02 Å². The Balaban J connectivity index is 1.72. The summed E-state index contributed by atoms with van der Waals surface area (Å²) in [6.45, 7) is 2.42. The fourth-order valence-electron chi connectivity index (χ4n) is 3.41. The van der Waals surface area contributed by atoms with Crippen molar-refractivity contribution in [3.63, 3.8) is 0 Å². The fraction of sp³-hybridized carbons (Fsp3) is 0.120. The van der Waals surface area contributed by atoms with Gasteiger partial charge in [-0.2, -0.15) is 0 Å². The summed E-state index contributed by atoms with van der Waals surface area (Å²) >= 11 is 6.08. The second kappa shape index (κ2) is 8.56. The van der Waals surface area contributed by atoms with E-state index in [0.29, 0.717) is 33.7 Å². The van der Waals surface area contributed by atoms with Gasteiger partial charge in [0.15, 0.2) is 5.43 Å². The summed E-state index contributed by atoms with van der Waals surface area (Å²) in [6.07, 6.45) is 1.45. The Hall–Kier alpha value is -3.37. The van der Waals surface area contributed by atoms with Crippen LogP contribution in [0.5, 0.6) is 0 Å². The van der Waals surface area contributed by atoms with E-state index in [2.05, 4.69) is 0 Å². The summed E-state index contributed by atoms with van der Waals surface area (Å²) in [5, 5.41) is 1.00. The monoisotopic (exact) mass is 417 g/mol. The molecular formula is C25H20ClNO3. The molecule has 0 unspecified atom stereocenters. The molecule has 5 heteroatoms. The molecule has 1 aromatic heterocycles. The number of rotatable bonds is 5. The standard InChI is InChI=1S/C25H20ClNO3/c1-17-10-11-23-22(12-17)24(28)20(16-30-23)15-27(14-18-6-3-2-4-7-18)25(29)19-8-5-9-21(26)13-19/h2-13,16H,14-15H2,1H3. The molecule has 4 nitrogen and oxygen atoms in total. The topological polar surface area (TPSA) is 50.5 Å². The molecule has 1 heterocycles. The molecule has 0 aliphatic rings. The number of benzene rings is 3. The second-order valence-electron chi connectivity index (χ2n) is 7.25. The Labute approximate surface area is 179 Å². The normalized spacial score (nSPS) is 10.9. The van der Waals surface area contributed by atoms with Crippen LogP contribution in [0.4, 0.5) is 0 Å². The molecule has 0 bridgehead atoms. The summed E-state index contributed by atoms with van der Waals surface area (Å²) in [4.78, 5) is 28.0. The molecule has 4 rings (SSSR count). The molecule has 0 aliphatic heterocycles. The van der Waals surface area contributed by atoms with Gasteiger partial charge in [-0.1, -0.05) is 59.6 Å². The van der Waals surface area contributed by atoms with Crippen LogP contribution in [0.1, 0.15) is 27.0 Å². The quantitative estimate of drug-likeness (QED) is 0.425. The number of aryl methyl sites for hydroxylation is 1. The molecule has 4 aromatic rings. The number of carbonyl (C=O) groups is 1. The van der Waals surface area contributed by atoms with Gasteiger partial charge in [0.25, 0.3) is 5.91 Å². The molecule has 30 heavy (non-hydrogen) atoms. The van der Waals surface area contributed by atoms with Gasteiger partial charge in [0.1, 0.15) is 5.58 Å². The largest absolute Gasteiger partial charge is 0.464 e. The van der Waals surface area contributed by atoms with Gasteiger partial charge < -0.3 is 9.32 Å². The van der Waals surface area contributed by atoms with E-state index in [1.54, 1.807) is 35.2 Å². The van der Waals surface area contributed by atoms with Gasteiger partial charge in [0, 0.05) is 17.1 Å². The molecule has 0 saturated carbocycles. The van der Waals surface area contributed by atoms with Crippen LogP contribution in [0.15, 0.2) is 88.3 Å². The SMILES string of the molecule is Cc1ccc2occ(CN(Cc3ccccc3)C(=O)c3cccc(Cl)c3)c(=O)c2c1. The number of hydrogen-bond donors (Lipinski definition) is 0. The zero-order chi connectivity index (χ0) is 21.1. The molecule has 0 saturated heterocycles. The smallest absolute Gasteiger partial charge is 0.254 e. The zero-order valence-corrected chi connectivity index (χ0v) is 17.2. The van der Waals surface area contributed by atoms with Crippen LogP contribution >= 0.6 is 11.6 Å². The van der Waals surface area contributed by atoms with Crippen LogP contribution < -0.4 is 5.43 Å². The molecule has 0 N–H and O–H groups in total. The average molecular weight is 418 g/mol. The number of nitrogens with zero attached hydrogens (tertiary/aromatic N) is 1. The Bertz CT molecular complexity index is 1260. The third-order valence-corrected chi connectivity index (χ3v) is 5.17. The molecule has 1 amide bonds. The van der Waals surface area contributed by atoms with E-state index in [4.69, 9.17) is 16.0 Å². The van der Waals surface area contributed by atoms with Crippen molar-refractivity contribution in [1.29, 1.82) is 0 Å². The van der Waals surface area contributed by atoms with Crippen LogP contribution in [-0.4, -0.2) is 10.8 Å². The lowest BCUT2D eigenvalue weighted by molar-refractivity contribution is 0.0729. The maximum atomic E-state index is 13.3.